The molecule has 0 unspecified atom stereocenters. The molecule has 1 aromatic rings. The van der Waals surface area contributed by atoms with E-state index in [0.29, 0.717) is 12.1 Å². The van der Waals surface area contributed by atoms with Gasteiger partial charge in [-0.3, -0.25) is 9.59 Å². The van der Waals surface area contributed by atoms with Gasteiger partial charge in [-0.05, 0) is 18.6 Å². The predicted molar refractivity (Wildman–Crippen MR) is 66.3 cm³/mol. The standard InChI is InChI=1S/C13H16N2O2/c1-14-7-4-8-15(9-13(14)17)12-6-3-2-5-11(12)10-16/h2-3,5-6,10H,4,7-9H2,1H3. The number of hydrogen-bond donors (Lipinski definition) is 0. The third-order valence-corrected chi connectivity index (χ3v) is 3.08. The molecule has 1 aliphatic rings. The van der Waals surface area contributed by atoms with Gasteiger partial charge in [-0.15, -0.1) is 0 Å². The van der Waals surface area contributed by atoms with E-state index >= 15 is 0 Å². The van der Waals surface area contributed by atoms with E-state index in [0.717, 1.165) is 31.5 Å². The van der Waals surface area contributed by atoms with E-state index in [1.165, 1.54) is 0 Å². The van der Waals surface area contributed by atoms with Crippen LogP contribution in [0.2, 0.25) is 0 Å². The number of likely N-dealkylation sites (N-methyl/N-ethyl adjacent to an activating group) is 1. The highest BCUT2D eigenvalue weighted by Gasteiger charge is 2.20. The van der Waals surface area contributed by atoms with Crippen LogP contribution in [-0.2, 0) is 4.79 Å². The van der Waals surface area contributed by atoms with Crippen molar-refractivity contribution in [3.05, 3.63) is 29.8 Å². The zero-order valence-electron chi connectivity index (χ0n) is 9.93. The van der Waals surface area contributed by atoms with Gasteiger partial charge in [0, 0.05) is 31.4 Å². The number of nitrogens with zero attached hydrogens (tertiary/aromatic N) is 2. The average Bonchev–Trinajstić information content (AvgIpc) is 2.52. The van der Waals surface area contributed by atoms with Crippen molar-refractivity contribution in [3.8, 4) is 0 Å². The number of rotatable bonds is 2. The molecule has 1 fully saturated rings. The summed E-state index contributed by atoms with van der Waals surface area (Å²) >= 11 is 0. The van der Waals surface area contributed by atoms with E-state index in [1.54, 1.807) is 11.0 Å². The zero-order chi connectivity index (χ0) is 12.3. The second-order valence-electron chi connectivity index (χ2n) is 4.27. The highest BCUT2D eigenvalue weighted by atomic mass is 16.2. The molecule has 1 heterocycles. The number of benzene rings is 1. The molecule has 90 valence electrons. The fourth-order valence-electron chi connectivity index (χ4n) is 2.07. The lowest BCUT2D eigenvalue weighted by atomic mass is 10.1. The second-order valence-corrected chi connectivity index (χ2v) is 4.27. The summed E-state index contributed by atoms with van der Waals surface area (Å²) in [5.41, 5.74) is 1.50. The summed E-state index contributed by atoms with van der Waals surface area (Å²) < 4.78 is 0. The Morgan fingerprint density at radius 2 is 2.00 bits per heavy atom. The summed E-state index contributed by atoms with van der Waals surface area (Å²) in [6, 6.07) is 7.39. The van der Waals surface area contributed by atoms with Gasteiger partial charge in [0.2, 0.25) is 5.91 Å². The van der Waals surface area contributed by atoms with Crippen molar-refractivity contribution in [3.63, 3.8) is 0 Å². The van der Waals surface area contributed by atoms with Crippen LogP contribution >= 0.6 is 0 Å². The summed E-state index contributed by atoms with van der Waals surface area (Å²) in [5, 5.41) is 0. The predicted octanol–water partition coefficient (Wildman–Crippen LogP) is 1.17. The summed E-state index contributed by atoms with van der Waals surface area (Å²) in [6.07, 6.45) is 1.77. The van der Waals surface area contributed by atoms with Gasteiger partial charge in [-0.1, -0.05) is 12.1 Å². The molecular formula is C13H16N2O2. The van der Waals surface area contributed by atoms with E-state index in [9.17, 15) is 9.59 Å². The lowest BCUT2D eigenvalue weighted by Gasteiger charge is -2.23. The lowest BCUT2D eigenvalue weighted by molar-refractivity contribution is -0.127. The van der Waals surface area contributed by atoms with Gasteiger partial charge >= 0.3 is 0 Å². The van der Waals surface area contributed by atoms with Crippen LogP contribution in [0.15, 0.2) is 24.3 Å². The molecule has 1 amide bonds. The Balaban J connectivity index is 2.26. The van der Waals surface area contributed by atoms with E-state index < -0.39 is 0 Å². The highest BCUT2D eigenvalue weighted by Crippen LogP contribution is 2.20. The normalized spacial score (nSPS) is 16.9. The molecule has 0 bridgehead atoms. The number of carbonyl (C=O) groups excluding carboxylic acids is 2. The molecule has 4 nitrogen and oxygen atoms in total. The molecule has 1 saturated heterocycles. The third-order valence-electron chi connectivity index (χ3n) is 3.08. The first-order chi connectivity index (χ1) is 8.22. The first kappa shape index (κ1) is 11.6. The molecule has 0 atom stereocenters. The largest absolute Gasteiger partial charge is 0.362 e. The molecule has 1 aromatic carbocycles. The quantitative estimate of drug-likeness (QED) is 0.719. The maximum atomic E-state index is 11.8. The average molecular weight is 232 g/mol. The van der Waals surface area contributed by atoms with Crippen LogP contribution < -0.4 is 4.90 Å². The number of carbonyl (C=O) groups is 2. The van der Waals surface area contributed by atoms with Crippen molar-refractivity contribution in [2.45, 2.75) is 6.42 Å². The molecule has 2 rings (SSSR count). The maximum absolute atomic E-state index is 11.8. The minimum atomic E-state index is 0.100. The molecule has 0 radical (unpaired) electrons. The van der Waals surface area contributed by atoms with Gasteiger partial charge in [0.15, 0.2) is 6.29 Å². The third kappa shape index (κ3) is 2.46. The van der Waals surface area contributed by atoms with Crippen molar-refractivity contribution >= 4 is 17.9 Å². The van der Waals surface area contributed by atoms with Crippen molar-refractivity contribution in [2.75, 3.05) is 31.6 Å². The minimum absolute atomic E-state index is 0.100. The summed E-state index contributed by atoms with van der Waals surface area (Å²) in [5.74, 6) is 0.100. The number of aldehydes is 1. The number of amides is 1. The van der Waals surface area contributed by atoms with Crippen LogP contribution in [0.5, 0.6) is 0 Å². The smallest absolute Gasteiger partial charge is 0.241 e. The Hall–Kier alpha value is -1.84. The van der Waals surface area contributed by atoms with Crippen LogP contribution in [0.25, 0.3) is 0 Å². The lowest BCUT2D eigenvalue weighted by Crippen LogP contribution is -2.34. The molecule has 0 saturated carbocycles. The van der Waals surface area contributed by atoms with E-state index in [2.05, 4.69) is 0 Å². The van der Waals surface area contributed by atoms with Gasteiger partial charge < -0.3 is 9.80 Å². The SMILES string of the molecule is CN1CCCN(c2ccccc2C=O)CC1=O. The Kier molecular flexibility index (Phi) is 3.42. The van der Waals surface area contributed by atoms with Crippen molar-refractivity contribution in [1.82, 2.24) is 4.90 Å². The van der Waals surface area contributed by atoms with Crippen molar-refractivity contribution in [2.24, 2.45) is 0 Å². The van der Waals surface area contributed by atoms with Crippen LogP contribution in [0, 0.1) is 0 Å². The summed E-state index contributed by atoms with van der Waals surface area (Å²) in [4.78, 5) is 26.5. The molecule has 0 N–H and O–H groups in total. The second kappa shape index (κ2) is 4.99. The molecular weight excluding hydrogens is 216 g/mol. The number of anilines is 1. The number of hydrogen-bond acceptors (Lipinski definition) is 3. The van der Waals surface area contributed by atoms with Gasteiger partial charge in [0.1, 0.15) is 0 Å². The molecule has 0 aromatic heterocycles. The van der Waals surface area contributed by atoms with E-state index in [1.807, 2.05) is 30.1 Å². The Labute approximate surface area is 101 Å². The maximum Gasteiger partial charge on any atom is 0.241 e. The fraction of sp³-hybridized carbons (Fsp3) is 0.385. The van der Waals surface area contributed by atoms with Crippen LogP contribution in [0.4, 0.5) is 5.69 Å². The monoisotopic (exact) mass is 232 g/mol. The molecule has 17 heavy (non-hydrogen) atoms. The Morgan fingerprint density at radius 1 is 1.24 bits per heavy atom. The molecule has 4 heteroatoms. The highest BCUT2D eigenvalue weighted by molar-refractivity contribution is 5.88. The van der Waals surface area contributed by atoms with E-state index in [4.69, 9.17) is 0 Å². The van der Waals surface area contributed by atoms with Crippen LogP contribution in [-0.4, -0.2) is 43.8 Å². The van der Waals surface area contributed by atoms with Gasteiger partial charge in [-0.2, -0.15) is 0 Å². The summed E-state index contributed by atoms with van der Waals surface area (Å²) in [7, 11) is 1.82. The van der Waals surface area contributed by atoms with Crippen LogP contribution in [0.1, 0.15) is 16.8 Å². The zero-order valence-corrected chi connectivity index (χ0v) is 9.93. The fourth-order valence-corrected chi connectivity index (χ4v) is 2.07. The first-order valence-corrected chi connectivity index (χ1v) is 5.75. The van der Waals surface area contributed by atoms with Crippen molar-refractivity contribution < 1.29 is 9.59 Å². The Morgan fingerprint density at radius 3 is 2.76 bits per heavy atom. The van der Waals surface area contributed by atoms with Gasteiger partial charge in [0.05, 0.1) is 6.54 Å². The molecule has 0 aliphatic carbocycles. The number of para-hydroxylation sites is 1. The van der Waals surface area contributed by atoms with E-state index in [-0.39, 0.29) is 5.91 Å². The first-order valence-electron chi connectivity index (χ1n) is 5.75. The topological polar surface area (TPSA) is 40.6 Å². The van der Waals surface area contributed by atoms with Gasteiger partial charge in [0.25, 0.3) is 0 Å². The van der Waals surface area contributed by atoms with Crippen molar-refractivity contribution in [1.29, 1.82) is 0 Å². The summed E-state index contributed by atoms with van der Waals surface area (Å²) in [6.45, 7) is 1.93. The molecule has 0 spiro atoms. The minimum Gasteiger partial charge on any atom is -0.362 e. The van der Waals surface area contributed by atoms with Crippen LogP contribution in [0.3, 0.4) is 0 Å². The van der Waals surface area contributed by atoms with Gasteiger partial charge in [-0.25, -0.2) is 0 Å². The molecule has 1 aliphatic heterocycles. The Bertz CT molecular complexity index is 431.